The van der Waals surface area contributed by atoms with Crippen LogP contribution >= 0.6 is 0 Å². The van der Waals surface area contributed by atoms with Crippen LogP contribution in [0.25, 0.3) is 5.65 Å². The number of piperidine rings is 1. The molecule has 8 nitrogen and oxygen atoms in total. The van der Waals surface area contributed by atoms with Crippen LogP contribution in [0, 0.1) is 12.8 Å². The Morgan fingerprint density at radius 2 is 1.93 bits per heavy atom. The second-order valence-corrected chi connectivity index (χ2v) is 7.32. The minimum absolute atomic E-state index is 0.161. The molecule has 1 aliphatic heterocycles. The van der Waals surface area contributed by atoms with Crippen molar-refractivity contribution >= 4 is 11.3 Å². The molecule has 28 heavy (non-hydrogen) atoms. The standard InChI is InChI=1S/C20H24N6O2/c1-14-3-2-4-18-23-16(9-20(28)26(14)18)13-25-19(27)10-17(12-22-25)24-7-5-15(11-21)6-8-24/h2-4,9-10,12,15H,5-8,11,13,21H2,1H3. The van der Waals surface area contributed by atoms with Crippen molar-refractivity contribution in [2.45, 2.75) is 26.3 Å². The molecular formula is C20H24N6O2. The smallest absolute Gasteiger partial charge is 0.269 e. The van der Waals surface area contributed by atoms with Crippen molar-refractivity contribution in [3.05, 3.63) is 68.6 Å². The Kier molecular flexibility index (Phi) is 4.95. The Morgan fingerprint density at radius 3 is 2.64 bits per heavy atom. The minimum atomic E-state index is -0.204. The van der Waals surface area contributed by atoms with E-state index in [-0.39, 0.29) is 17.7 Å². The molecule has 1 saturated heterocycles. The van der Waals surface area contributed by atoms with E-state index in [1.54, 1.807) is 22.7 Å². The number of hydrogen-bond acceptors (Lipinski definition) is 6. The van der Waals surface area contributed by atoms with Crippen molar-refractivity contribution in [2.24, 2.45) is 11.7 Å². The summed E-state index contributed by atoms with van der Waals surface area (Å²) in [7, 11) is 0. The van der Waals surface area contributed by atoms with E-state index in [9.17, 15) is 9.59 Å². The van der Waals surface area contributed by atoms with Gasteiger partial charge in [0.05, 0.1) is 24.1 Å². The molecule has 146 valence electrons. The lowest BCUT2D eigenvalue weighted by Crippen LogP contribution is -2.37. The first-order valence-corrected chi connectivity index (χ1v) is 9.55. The van der Waals surface area contributed by atoms with Crippen LogP contribution in [0.4, 0.5) is 5.69 Å². The number of aromatic nitrogens is 4. The monoisotopic (exact) mass is 380 g/mol. The van der Waals surface area contributed by atoms with Crippen molar-refractivity contribution in [1.82, 2.24) is 19.2 Å². The first-order valence-electron chi connectivity index (χ1n) is 9.55. The van der Waals surface area contributed by atoms with Crippen LogP contribution in [0.1, 0.15) is 24.2 Å². The number of fused-ring (bicyclic) bond motifs is 1. The highest BCUT2D eigenvalue weighted by molar-refractivity contribution is 5.43. The SMILES string of the molecule is Cc1cccc2nc(Cn3ncc(N4CCC(CN)CC4)cc3=O)cc(=O)n12. The van der Waals surface area contributed by atoms with E-state index in [1.165, 1.54) is 10.7 Å². The molecule has 0 spiro atoms. The van der Waals surface area contributed by atoms with Crippen molar-refractivity contribution in [2.75, 3.05) is 24.5 Å². The van der Waals surface area contributed by atoms with Gasteiger partial charge in [-0.2, -0.15) is 5.10 Å². The Labute approximate surface area is 162 Å². The molecule has 4 heterocycles. The Morgan fingerprint density at radius 1 is 1.14 bits per heavy atom. The molecule has 1 aliphatic rings. The summed E-state index contributed by atoms with van der Waals surface area (Å²) in [6.45, 7) is 4.50. The predicted molar refractivity (Wildman–Crippen MR) is 108 cm³/mol. The average molecular weight is 380 g/mol. The summed E-state index contributed by atoms with van der Waals surface area (Å²) in [5.74, 6) is 0.561. The van der Waals surface area contributed by atoms with Crippen molar-refractivity contribution in [3.8, 4) is 0 Å². The second kappa shape index (κ2) is 7.55. The fourth-order valence-electron chi connectivity index (χ4n) is 3.74. The topological polar surface area (TPSA) is 98.5 Å². The first-order chi connectivity index (χ1) is 13.5. The van der Waals surface area contributed by atoms with E-state index in [0.717, 1.165) is 37.3 Å². The lowest BCUT2D eigenvalue weighted by molar-refractivity contribution is 0.414. The van der Waals surface area contributed by atoms with Gasteiger partial charge in [0, 0.05) is 30.9 Å². The van der Waals surface area contributed by atoms with Crippen LogP contribution in [0.5, 0.6) is 0 Å². The fourth-order valence-corrected chi connectivity index (χ4v) is 3.74. The normalized spacial score (nSPS) is 15.3. The van der Waals surface area contributed by atoms with Gasteiger partial charge >= 0.3 is 0 Å². The van der Waals surface area contributed by atoms with Gasteiger partial charge in [0.1, 0.15) is 5.65 Å². The number of hydrogen-bond donors (Lipinski definition) is 1. The molecule has 3 aromatic rings. The summed E-state index contributed by atoms with van der Waals surface area (Å²) >= 11 is 0. The van der Waals surface area contributed by atoms with Crippen LogP contribution in [-0.2, 0) is 6.54 Å². The zero-order chi connectivity index (χ0) is 19.7. The van der Waals surface area contributed by atoms with E-state index in [2.05, 4.69) is 15.0 Å². The Balaban J connectivity index is 1.57. The number of nitrogens with zero attached hydrogens (tertiary/aromatic N) is 5. The molecule has 3 aromatic heterocycles. The van der Waals surface area contributed by atoms with Gasteiger partial charge in [-0.25, -0.2) is 9.67 Å². The van der Waals surface area contributed by atoms with Gasteiger partial charge in [-0.05, 0) is 44.4 Å². The zero-order valence-corrected chi connectivity index (χ0v) is 15.9. The third kappa shape index (κ3) is 3.55. The maximum absolute atomic E-state index is 12.6. The van der Waals surface area contributed by atoms with E-state index >= 15 is 0 Å². The molecule has 1 fully saturated rings. The van der Waals surface area contributed by atoms with Crippen molar-refractivity contribution in [1.29, 1.82) is 0 Å². The summed E-state index contributed by atoms with van der Waals surface area (Å²) in [5, 5.41) is 4.30. The van der Waals surface area contributed by atoms with E-state index in [4.69, 9.17) is 5.73 Å². The highest BCUT2D eigenvalue weighted by atomic mass is 16.1. The number of aryl methyl sites for hydroxylation is 1. The van der Waals surface area contributed by atoms with Crippen molar-refractivity contribution < 1.29 is 0 Å². The molecule has 0 aliphatic carbocycles. The van der Waals surface area contributed by atoms with Gasteiger partial charge in [-0.3, -0.25) is 14.0 Å². The molecule has 0 saturated carbocycles. The van der Waals surface area contributed by atoms with Gasteiger partial charge in [-0.1, -0.05) is 6.07 Å². The van der Waals surface area contributed by atoms with E-state index in [0.29, 0.717) is 23.8 Å². The molecule has 4 rings (SSSR count). The maximum Gasteiger partial charge on any atom is 0.269 e. The molecule has 0 radical (unpaired) electrons. The number of pyridine rings is 1. The summed E-state index contributed by atoms with van der Waals surface area (Å²) in [6, 6.07) is 8.56. The summed E-state index contributed by atoms with van der Waals surface area (Å²) in [4.78, 5) is 31.6. The third-order valence-corrected chi connectivity index (χ3v) is 5.41. The minimum Gasteiger partial charge on any atom is -0.370 e. The van der Waals surface area contributed by atoms with Gasteiger partial charge < -0.3 is 10.6 Å². The van der Waals surface area contributed by atoms with E-state index in [1.807, 2.05) is 19.1 Å². The maximum atomic E-state index is 12.6. The molecule has 8 heteroatoms. The predicted octanol–water partition coefficient (Wildman–Crippen LogP) is 0.783. The highest BCUT2D eigenvalue weighted by Crippen LogP contribution is 2.20. The summed E-state index contributed by atoms with van der Waals surface area (Å²) in [5.41, 5.74) is 8.11. The molecule has 2 N–H and O–H groups in total. The van der Waals surface area contributed by atoms with Gasteiger partial charge in [0.15, 0.2) is 0 Å². The first kappa shape index (κ1) is 18.4. The Hall–Kier alpha value is -3.00. The van der Waals surface area contributed by atoms with E-state index < -0.39 is 0 Å². The largest absolute Gasteiger partial charge is 0.370 e. The molecule has 0 atom stereocenters. The van der Waals surface area contributed by atoms with Crippen LogP contribution in [0.3, 0.4) is 0 Å². The third-order valence-electron chi connectivity index (χ3n) is 5.41. The quantitative estimate of drug-likeness (QED) is 0.718. The van der Waals surface area contributed by atoms with Crippen LogP contribution in [0.15, 0.2) is 46.1 Å². The number of anilines is 1. The van der Waals surface area contributed by atoms with Gasteiger partial charge in [0.25, 0.3) is 11.1 Å². The summed E-state index contributed by atoms with van der Waals surface area (Å²) < 4.78 is 2.89. The van der Waals surface area contributed by atoms with Gasteiger partial charge in [0.2, 0.25) is 0 Å². The second-order valence-electron chi connectivity index (χ2n) is 7.32. The summed E-state index contributed by atoms with van der Waals surface area (Å²) in [6.07, 6.45) is 3.77. The fraction of sp³-hybridized carbons (Fsp3) is 0.400. The number of nitrogens with two attached hydrogens (primary N) is 1. The molecule has 0 bridgehead atoms. The lowest BCUT2D eigenvalue weighted by atomic mass is 9.97. The Bertz CT molecular complexity index is 1110. The van der Waals surface area contributed by atoms with Crippen LogP contribution in [-0.4, -0.2) is 38.8 Å². The van der Waals surface area contributed by atoms with Crippen LogP contribution in [0.2, 0.25) is 0 Å². The molecule has 0 unspecified atom stereocenters. The van der Waals surface area contributed by atoms with Crippen molar-refractivity contribution in [3.63, 3.8) is 0 Å². The van der Waals surface area contributed by atoms with Gasteiger partial charge in [-0.15, -0.1) is 0 Å². The van der Waals surface area contributed by atoms with Crippen LogP contribution < -0.4 is 21.8 Å². The molecular weight excluding hydrogens is 356 g/mol. The lowest BCUT2D eigenvalue weighted by Gasteiger charge is -2.32. The molecule has 0 amide bonds. The molecule has 0 aromatic carbocycles. The zero-order valence-electron chi connectivity index (χ0n) is 15.9. The highest BCUT2D eigenvalue weighted by Gasteiger charge is 2.19. The number of rotatable bonds is 4. The average Bonchev–Trinajstić information content (AvgIpc) is 2.69.